The highest BCUT2D eigenvalue weighted by atomic mass is 19.1. The predicted molar refractivity (Wildman–Crippen MR) is 140 cm³/mol. The summed E-state index contributed by atoms with van der Waals surface area (Å²) in [4.78, 5) is 17.7. The molecule has 0 aliphatic carbocycles. The van der Waals surface area contributed by atoms with Gasteiger partial charge >= 0.3 is 0 Å². The van der Waals surface area contributed by atoms with E-state index in [0.29, 0.717) is 38.3 Å². The molecule has 1 saturated heterocycles. The minimum atomic E-state index is -0.209. The van der Waals surface area contributed by atoms with Crippen LogP contribution in [0.4, 0.5) is 10.1 Å². The van der Waals surface area contributed by atoms with Crippen LogP contribution in [-0.2, 0) is 4.79 Å². The van der Waals surface area contributed by atoms with E-state index in [-0.39, 0.29) is 24.3 Å². The van der Waals surface area contributed by atoms with Crippen LogP contribution in [0.25, 0.3) is 0 Å². The van der Waals surface area contributed by atoms with Crippen molar-refractivity contribution < 1.29 is 13.9 Å². The monoisotopic (exact) mass is 486 g/mol. The Hall–Kier alpha value is -3.71. The fourth-order valence-electron chi connectivity index (χ4n) is 4.94. The number of aryl methyl sites for hydroxylation is 1. The SMILES string of the molecule is COc1ccc(C2CC(c3cccc(C)c3)=NN2C(=O)CN2CCN(c3ccccc3F)CC2)cc1. The van der Waals surface area contributed by atoms with E-state index >= 15 is 0 Å². The number of nitrogens with zero attached hydrogens (tertiary/aromatic N) is 4. The summed E-state index contributed by atoms with van der Waals surface area (Å²) in [5.74, 6) is 0.541. The standard InChI is InChI=1S/C29H31FN4O2/c1-21-6-5-7-23(18-21)26-19-28(22-10-12-24(36-2)13-11-22)34(31-26)29(35)20-32-14-16-33(17-15-32)27-9-4-3-8-25(27)30/h3-13,18,28H,14-17,19-20H2,1-2H3. The van der Waals surface area contributed by atoms with Crippen LogP contribution in [-0.4, -0.2) is 61.4 Å². The molecule has 0 radical (unpaired) electrons. The number of halogens is 1. The van der Waals surface area contributed by atoms with Gasteiger partial charge in [0, 0.05) is 32.6 Å². The highest BCUT2D eigenvalue weighted by Gasteiger charge is 2.34. The molecule has 2 heterocycles. The average Bonchev–Trinajstić information content (AvgIpc) is 3.35. The van der Waals surface area contributed by atoms with Crippen molar-refractivity contribution >= 4 is 17.3 Å². The molecule has 0 bridgehead atoms. The first-order chi connectivity index (χ1) is 17.5. The summed E-state index contributed by atoms with van der Waals surface area (Å²) in [6, 6.07) is 22.8. The molecule has 2 aliphatic rings. The van der Waals surface area contributed by atoms with Gasteiger partial charge in [-0.2, -0.15) is 5.10 Å². The number of carbonyl (C=O) groups excluding carboxylic acids is 1. The van der Waals surface area contributed by atoms with Gasteiger partial charge < -0.3 is 9.64 Å². The summed E-state index contributed by atoms with van der Waals surface area (Å²) < 4.78 is 19.5. The fourth-order valence-corrected chi connectivity index (χ4v) is 4.94. The highest BCUT2D eigenvalue weighted by Crippen LogP contribution is 2.34. The molecule has 1 fully saturated rings. The summed E-state index contributed by atoms with van der Waals surface area (Å²) in [5, 5.41) is 6.48. The molecule has 0 spiro atoms. The van der Waals surface area contributed by atoms with E-state index < -0.39 is 0 Å². The number of piperazine rings is 1. The van der Waals surface area contributed by atoms with E-state index in [1.54, 1.807) is 24.3 Å². The van der Waals surface area contributed by atoms with Gasteiger partial charge in [-0.05, 0) is 42.3 Å². The molecule has 7 heteroatoms. The average molecular weight is 487 g/mol. The first kappa shape index (κ1) is 24.0. The molecule has 3 aromatic rings. The zero-order valence-electron chi connectivity index (χ0n) is 20.7. The van der Waals surface area contributed by atoms with Gasteiger partial charge in [-0.15, -0.1) is 0 Å². The third-order valence-electron chi connectivity index (χ3n) is 6.94. The third-order valence-corrected chi connectivity index (χ3v) is 6.94. The molecule has 0 aromatic heterocycles. The van der Waals surface area contributed by atoms with Gasteiger partial charge in [0.15, 0.2) is 0 Å². The third kappa shape index (κ3) is 5.11. The largest absolute Gasteiger partial charge is 0.497 e. The van der Waals surface area contributed by atoms with Crippen molar-refractivity contribution in [2.75, 3.05) is 44.7 Å². The van der Waals surface area contributed by atoms with E-state index in [9.17, 15) is 9.18 Å². The molecule has 5 rings (SSSR count). The van der Waals surface area contributed by atoms with Gasteiger partial charge in [0.05, 0.1) is 31.1 Å². The van der Waals surface area contributed by atoms with E-state index in [4.69, 9.17) is 9.84 Å². The quantitative estimate of drug-likeness (QED) is 0.509. The van der Waals surface area contributed by atoms with Gasteiger partial charge in [0.1, 0.15) is 11.6 Å². The fraction of sp³-hybridized carbons (Fsp3) is 0.310. The van der Waals surface area contributed by atoms with Crippen LogP contribution in [0.5, 0.6) is 5.75 Å². The summed E-state index contributed by atoms with van der Waals surface area (Å²) in [6.45, 7) is 5.07. The Bertz CT molecular complexity index is 1250. The van der Waals surface area contributed by atoms with Crippen molar-refractivity contribution in [3.63, 3.8) is 0 Å². The van der Waals surface area contributed by atoms with Crippen molar-refractivity contribution in [2.24, 2.45) is 5.10 Å². The number of para-hydroxylation sites is 1. The summed E-state index contributed by atoms with van der Waals surface area (Å²) in [7, 11) is 1.64. The van der Waals surface area contributed by atoms with E-state index in [1.807, 2.05) is 47.4 Å². The Morgan fingerprint density at radius 1 is 1.00 bits per heavy atom. The lowest BCUT2D eigenvalue weighted by Gasteiger charge is -2.36. The molecule has 1 unspecified atom stereocenters. The minimum Gasteiger partial charge on any atom is -0.497 e. The second-order valence-electron chi connectivity index (χ2n) is 9.36. The number of methoxy groups -OCH3 is 1. The molecule has 2 aliphatic heterocycles. The van der Waals surface area contributed by atoms with Crippen LogP contribution in [0.1, 0.15) is 29.2 Å². The van der Waals surface area contributed by atoms with Crippen LogP contribution in [0.2, 0.25) is 0 Å². The number of hydrazone groups is 1. The maximum atomic E-state index is 14.2. The van der Waals surface area contributed by atoms with Crippen LogP contribution >= 0.6 is 0 Å². The molecule has 186 valence electrons. The highest BCUT2D eigenvalue weighted by molar-refractivity contribution is 6.03. The molecular formula is C29H31FN4O2. The first-order valence-electron chi connectivity index (χ1n) is 12.3. The first-order valence-corrected chi connectivity index (χ1v) is 12.3. The summed E-state index contributed by atoms with van der Waals surface area (Å²) >= 11 is 0. The lowest BCUT2D eigenvalue weighted by atomic mass is 9.97. The number of ether oxygens (including phenoxy) is 1. The maximum Gasteiger partial charge on any atom is 0.257 e. The number of hydrogen-bond acceptors (Lipinski definition) is 5. The van der Waals surface area contributed by atoms with Gasteiger partial charge in [-0.3, -0.25) is 9.69 Å². The summed E-state index contributed by atoms with van der Waals surface area (Å²) in [6.07, 6.45) is 0.655. The number of benzene rings is 3. The van der Waals surface area contributed by atoms with Gasteiger partial charge in [-0.25, -0.2) is 9.40 Å². The molecule has 1 amide bonds. The number of amides is 1. The second-order valence-corrected chi connectivity index (χ2v) is 9.36. The molecule has 6 nitrogen and oxygen atoms in total. The normalized spacial score (nSPS) is 18.3. The number of rotatable bonds is 6. The Balaban J connectivity index is 1.31. The molecule has 3 aromatic carbocycles. The van der Waals surface area contributed by atoms with E-state index in [1.165, 1.54) is 6.07 Å². The summed E-state index contributed by atoms with van der Waals surface area (Å²) in [5.41, 5.74) is 4.77. The second kappa shape index (κ2) is 10.5. The smallest absolute Gasteiger partial charge is 0.257 e. The van der Waals surface area contributed by atoms with E-state index in [2.05, 4.69) is 24.0 Å². The topological polar surface area (TPSA) is 48.4 Å². The van der Waals surface area contributed by atoms with Gasteiger partial charge in [0.2, 0.25) is 0 Å². The number of carbonyl (C=O) groups is 1. The van der Waals surface area contributed by atoms with Crippen LogP contribution in [0.15, 0.2) is 77.9 Å². The number of hydrogen-bond donors (Lipinski definition) is 0. The van der Waals surface area contributed by atoms with E-state index in [0.717, 1.165) is 28.2 Å². The molecular weight excluding hydrogens is 455 g/mol. The Labute approximate surface area is 211 Å². The Morgan fingerprint density at radius 2 is 1.75 bits per heavy atom. The van der Waals surface area contributed by atoms with Crippen LogP contribution in [0, 0.1) is 12.7 Å². The molecule has 1 atom stereocenters. The van der Waals surface area contributed by atoms with Crippen LogP contribution < -0.4 is 9.64 Å². The van der Waals surface area contributed by atoms with Crippen molar-refractivity contribution in [1.29, 1.82) is 0 Å². The minimum absolute atomic E-state index is 0.0298. The molecule has 0 N–H and O–H groups in total. The predicted octanol–water partition coefficient (Wildman–Crippen LogP) is 4.64. The van der Waals surface area contributed by atoms with Gasteiger partial charge in [-0.1, -0.05) is 54.1 Å². The van der Waals surface area contributed by atoms with Crippen LogP contribution in [0.3, 0.4) is 0 Å². The zero-order chi connectivity index (χ0) is 25.1. The van der Waals surface area contributed by atoms with Crippen molar-refractivity contribution in [1.82, 2.24) is 9.91 Å². The van der Waals surface area contributed by atoms with Crippen molar-refractivity contribution in [3.05, 3.63) is 95.3 Å². The lowest BCUT2D eigenvalue weighted by molar-refractivity contribution is -0.134. The lowest BCUT2D eigenvalue weighted by Crippen LogP contribution is -2.49. The molecule has 0 saturated carbocycles. The van der Waals surface area contributed by atoms with Crippen molar-refractivity contribution in [3.8, 4) is 5.75 Å². The number of anilines is 1. The van der Waals surface area contributed by atoms with Crippen molar-refractivity contribution in [2.45, 2.75) is 19.4 Å². The molecule has 36 heavy (non-hydrogen) atoms. The maximum absolute atomic E-state index is 14.2. The Kier molecular flexibility index (Phi) is 7.00. The zero-order valence-corrected chi connectivity index (χ0v) is 20.7. The Morgan fingerprint density at radius 3 is 2.44 bits per heavy atom. The van der Waals surface area contributed by atoms with Gasteiger partial charge in [0.25, 0.3) is 5.91 Å².